The number of rotatable bonds is 10. The maximum atomic E-state index is 5.78. The molecular formula is C22H39IN4O2. The molecule has 1 atom stereocenters. The van der Waals surface area contributed by atoms with Crippen molar-refractivity contribution in [1.29, 1.82) is 0 Å². The number of nitrogens with one attached hydrogen (secondary N) is 2. The highest BCUT2D eigenvalue weighted by Crippen LogP contribution is 2.13. The van der Waals surface area contributed by atoms with Gasteiger partial charge in [-0.25, -0.2) is 0 Å². The van der Waals surface area contributed by atoms with Crippen LogP contribution >= 0.6 is 24.0 Å². The largest absolute Gasteiger partial charge is 0.494 e. The van der Waals surface area contributed by atoms with Crippen molar-refractivity contribution in [3.63, 3.8) is 0 Å². The van der Waals surface area contributed by atoms with Crippen molar-refractivity contribution in [1.82, 2.24) is 15.5 Å². The number of aryl methyl sites for hydroxylation is 1. The molecule has 1 aliphatic rings. The summed E-state index contributed by atoms with van der Waals surface area (Å²) in [5.74, 6) is 2.40. The molecule has 0 aromatic heterocycles. The third-order valence-corrected chi connectivity index (χ3v) is 5.14. The van der Waals surface area contributed by atoms with E-state index in [0.29, 0.717) is 12.0 Å². The summed E-state index contributed by atoms with van der Waals surface area (Å²) in [5.41, 5.74) is 1.25. The van der Waals surface area contributed by atoms with Gasteiger partial charge in [-0.3, -0.25) is 9.89 Å². The third-order valence-electron chi connectivity index (χ3n) is 5.14. The zero-order valence-corrected chi connectivity index (χ0v) is 20.8. The lowest BCUT2D eigenvalue weighted by atomic mass is 10.0. The second kappa shape index (κ2) is 14.8. The summed E-state index contributed by atoms with van der Waals surface area (Å²) in [6.07, 6.45) is 2.06. The van der Waals surface area contributed by atoms with Crippen LogP contribution in [0.15, 0.2) is 29.3 Å². The number of morpholine rings is 1. The fraction of sp³-hybridized carbons (Fsp3) is 0.682. The van der Waals surface area contributed by atoms with Crippen molar-refractivity contribution in [2.45, 2.75) is 39.7 Å². The van der Waals surface area contributed by atoms with Crippen molar-refractivity contribution < 1.29 is 9.47 Å². The van der Waals surface area contributed by atoms with Gasteiger partial charge in [0.1, 0.15) is 5.75 Å². The lowest BCUT2D eigenvalue weighted by Crippen LogP contribution is -2.52. The molecule has 0 radical (unpaired) electrons. The van der Waals surface area contributed by atoms with Crippen LogP contribution in [-0.2, 0) is 4.74 Å². The molecule has 1 fully saturated rings. The summed E-state index contributed by atoms with van der Waals surface area (Å²) in [6, 6.07) is 8.70. The van der Waals surface area contributed by atoms with Gasteiger partial charge in [0, 0.05) is 39.3 Å². The minimum Gasteiger partial charge on any atom is -0.494 e. The van der Waals surface area contributed by atoms with Gasteiger partial charge >= 0.3 is 0 Å². The van der Waals surface area contributed by atoms with E-state index >= 15 is 0 Å². The summed E-state index contributed by atoms with van der Waals surface area (Å²) >= 11 is 0. The van der Waals surface area contributed by atoms with Crippen LogP contribution in [0.2, 0.25) is 0 Å². The van der Waals surface area contributed by atoms with Gasteiger partial charge in [0.25, 0.3) is 0 Å². The van der Waals surface area contributed by atoms with E-state index in [1.807, 2.05) is 19.2 Å². The Hall–Kier alpha value is -1.06. The monoisotopic (exact) mass is 518 g/mol. The van der Waals surface area contributed by atoms with E-state index in [1.165, 1.54) is 5.56 Å². The van der Waals surface area contributed by atoms with Gasteiger partial charge in [0.05, 0.1) is 19.8 Å². The fourth-order valence-corrected chi connectivity index (χ4v) is 3.38. The molecule has 0 aliphatic carbocycles. The van der Waals surface area contributed by atoms with E-state index in [1.54, 1.807) is 0 Å². The van der Waals surface area contributed by atoms with Crippen LogP contribution in [0.1, 0.15) is 32.3 Å². The molecule has 1 unspecified atom stereocenters. The van der Waals surface area contributed by atoms with E-state index in [-0.39, 0.29) is 24.0 Å². The van der Waals surface area contributed by atoms with E-state index < -0.39 is 0 Å². The zero-order chi connectivity index (χ0) is 20.2. The zero-order valence-electron chi connectivity index (χ0n) is 18.4. The maximum Gasteiger partial charge on any atom is 0.191 e. The number of guanidine groups is 1. The summed E-state index contributed by atoms with van der Waals surface area (Å²) in [4.78, 5) is 6.88. The molecular weight excluding hydrogens is 479 g/mol. The fourth-order valence-electron chi connectivity index (χ4n) is 3.38. The number of halogens is 1. The first kappa shape index (κ1) is 26.0. The number of nitrogens with zero attached hydrogens (tertiary/aromatic N) is 2. The Morgan fingerprint density at radius 2 is 1.83 bits per heavy atom. The molecule has 0 spiro atoms. The maximum absolute atomic E-state index is 5.78. The summed E-state index contributed by atoms with van der Waals surface area (Å²) in [6.45, 7) is 12.9. The Labute approximate surface area is 193 Å². The second-order valence-electron chi connectivity index (χ2n) is 7.71. The minimum absolute atomic E-state index is 0. The van der Waals surface area contributed by atoms with E-state index in [4.69, 9.17) is 9.47 Å². The first-order chi connectivity index (χ1) is 13.6. The molecule has 1 aliphatic heterocycles. The Morgan fingerprint density at radius 3 is 2.45 bits per heavy atom. The molecule has 29 heavy (non-hydrogen) atoms. The number of hydrogen-bond donors (Lipinski definition) is 2. The number of ether oxygens (including phenoxy) is 2. The van der Waals surface area contributed by atoms with E-state index in [2.05, 4.69) is 53.4 Å². The van der Waals surface area contributed by atoms with Crippen LogP contribution < -0.4 is 15.4 Å². The van der Waals surface area contributed by atoms with Crippen molar-refractivity contribution >= 4 is 29.9 Å². The molecule has 0 bridgehead atoms. The Balaban J connectivity index is 0.00000420. The molecule has 1 heterocycles. The van der Waals surface area contributed by atoms with Gasteiger partial charge in [-0.2, -0.15) is 0 Å². The number of unbranched alkanes of at least 4 members (excludes halogenated alkanes) is 1. The van der Waals surface area contributed by atoms with Crippen molar-refractivity contribution in [2.24, 2.45) is 10.9 Å². The van der Waals surface area contributed by atoms with Crippen molar-refractivity contribution in [3.8, 4) is 5.75 Å². The SMILES string of the molecule is CN=C(NCCCCOc1ccc(C)cc1)NCC(C(C)C)N1CCOCC1.I. The highest BCUT2D eigenvalue weighted by molar-refractivity contribution is 14.0. The van der Waals surface area contributed by atoms with Crippen LogP contribution in [0.3, 0.4) is 0 Å². The van der Waals surface area contributed by atoms with Gasteiger partial charge in [-0.05, 0) is 37.8 Å². The first-order valence-corrected chi connectivity index (χ1v) is 10.6. The molecule has 0 saturated carbocycles. The average molecular weight is 518 g/mol. The van der Waals surface area contributed by atoms with E-state index in [9.17, 15) is 0 Å². The Kier molecular flexibility index (Phi) is 13.3. The summed E-state index contributed by atoms with van der Waals surface area (Å²) in [7, 11) is 1.83. The van der Waals surface area contributed by atoms with Gasteiger partial charge < -0.3 is 20.1 Å². The molecule has 2 N–H and O–H groups in total. The van der Waals surface area contributed by atoms with Gasteiger partial charge in [-0.15, -0.1) is 24.0 Å². The third kappa shape index (κ3) is 10.00. The van der Waals surface area contributed by atoms with Crippen LogP contribution in [-0.4, -0.2) is 69.9 Å². The standard InChI is InChI=1S/C22H38N4O2.HI/c1-18(2)21(26-12-15-27-16-13-26)17-25-22(23-4)24-11-5-6-14-28-20-9-7-19(3)8-10-20;/h7-10,18,21H,5-6,11-17H2,1-4H3,(H2,23,24,25);1H. The molecule has 0 amide bonds. The van der Waals surface area contributed by atoms with Crippen LogP contribution in [0, 0.1) is 12.8 Å². The first-order valence-electron chi connectivity index (χ1n) is 10.6. The van der Waals surface area contributed by atoms with E-state index in [0.717, 1.165) is 70.6 Å². The minimum atomic E-state index is 0. The molecule has 7 heteroatoms. The molecule has 2 rings (SSSR count). The smallest absolute Gasteiger partial charge is 0.191 e. The average Bonchev–Trinajstić information content (AvgIpc) is 2.71. The Morgan fingerprint density at radius 1 is 1.14 bits per heavy atom. The lowest BCUT2D eigenvalue weighted by molar-refractivity contribution is 0.00752. The number of benzene rings is 1. The topological polar surface area (TPSA) is 58.1 Å². The van der Waals surface area contributed by atoms with Crippen molar-refractivity contribution in [3.05, 3.63) is 29.8 Å². The molecule has 1 saturated heterocycles. The van der Waals surface area contributed by atoms with Gasteiger partial charge in [0.15, 0.2) is 5.96 Å². The molecule has 1 aromatic rings. The number of hydrogen-bond acceptors (Lipinski definition) is 4. The Bertz CT molecular complexity index is 575. The molecule has 6 nitrogen and oxygen atoms in total. The predicted octanol–water partition coefficient (Wildman–Crippen LogP) is 3.29. The number of aliphatic imine (C=N–C) groups is 1. The normalized spacial score (nSPS) is 16.2. The van der Waals surface area contributed by atoms with Crippen LogP contribution in [0.25, 0.3) is 0 Å². The van der Waals surface area contributed by atoms with Crippen molar-refractivity contribution in [2.75, 3.05) is 53.0 Å². The summed E-state index contributed by atoms with van der Waals surface area (Å²) in [5, 5.41) is 6.91. The van der Waals surface area contributed by atoms with Crippen LogP contribution in [0.4, 0.5) is 0 Å². The second-order valence-corrected chi connectivity index (χ2v) is 7.71. The lowest BCUT2D eigenvalue weighted by Gasteiger charge is -2.37. The predicted molar refractivity (Wildman–Crippen MR) is 132 cm³/mol. The molecule has 166 valence electrons. The van der Waals surface area contributed by atoms with Gasteiger partial charge in [0.2, 0.25) is 0 Å². The summed E-state index contributed by atoms with van der Waals surface area (Å²) < 4.78 is 11.3. The quantitative estimate of drug-likeness (QED) is 0.216. The highest BCUT2D eigenvalue weighted by Gasteiger charge is 2.23. The van der Waals surface area contributed by atoms with Crippen LogP contribution in [0.5, 0.6) is 5.75 Å². The van der Waals surface area contributed by atoms with Gasteiger partial charge in [-0.1, -0.05) is 31.5 Å². The molecule has 1 aromatic carbocycles. The highest BCUT2D eigenvalue weighted by atomic mass is 127.